The third-order valence-corrected chi connectivity index (χ3v) is 7.68. The summed E-state index contributed by atoms with van der Waals surface area (Å²) in [5.41, 5.74) is 1.08. The standard InChI is InChI=1S/C23H18F4N4O5S/c24-14-2-4-17(5-3-14)37(33,34)31-11-15(25)8-19(31)22(32)28-10-16-9-18(30-12-29-16)13-1-6-20-21(7-13)36-23(26,27)35-20/h1-7,9,12,15,19H,8,10-11H2,(H,28,32). The maximum absolute atomic E-state index is 14.2. The first-order valence-electron chi connectivity index (χ1n) is 10.9. The van der Waals surface area contributed by atoms with Crippen LogP contribution in [0, 0.1) is 5.82 Å². The van der Waals surface area contributed by atoms with Crippen LogP contribution in [0.15, 0.2) is 59.8 Å². The molecule has 1 amide bonds. The smallest absolute Gasteiger partial charge is 0.395 e. The molecule has 194 valence electrons. The van der Waals surface area contributed by atoms with Crippen LogP contribution in [0.2, 0.25) is 0 Å². The minimum Gasteiger partial charge on any atom is -0.395 e. The number of hydrogen-bond acceptors (Lipinski definition) is 7. The second-order valence-corrected chi connectivity index (χ2v) is 10.2. The molecule has 9 nitrogen and oxygen atoms in total. The van der Waals surface area contributed by atoms with Crippen molar-refractivity contribution in [3.05, 3.63) is 66.4 Å². The molecule has 3 heterocycles. The van der Waals surface area contributed by atoms with Gasteiger partial charge in [-0.3, -0.25) is 4.79 Å². The van der Waals surface area contributed by atoms with Gasteiger partial charge in [-0.2, -0.15) is 4.31 Å². The van der Waals surface area contributed by atoms with Gasteiger partial charge in [-0.15, -0.1) is 8.78 Å². The highest BCUT2D eigenvalue weighted by molar-refractivity contribution is 7.89. The quantitative estimate of drug-likeness (QED) is 0.481. The van der Waals surface area contributed by atoms with E-state index in [9.17, 15) is 30.8 Å². The van der Waals surface area contributed by atoms with Gasteiger partial charge < -0.3 is 14.8 Å². The van der Waals surface area contributed by atoms with Crippen LogP contribution < -0.4 is 14.8 Å². The third-order valence-electron chi connectivity index (χ3n) is 5.79. The zero-order chi connectivity index (χ0) is 26.4. The van der Waals surface area contributed by atoms with Crippen molar-refractivity contribution in [2.45, 2.75) is 36.4 Å². The Morgan fingerprint density at radius 3 is 2.57 bits per heavy atom. The predicted molar refractivity (Wildman–Crippen MR) is 119 cm³/mol. The van der Waals surface area contributed by atoms with E-state index < -0.39 is 46.8 Å². The summed E-state index contributed by atoms with van der Waals surface area (Å²) < 4.78 is 89.5. The topological polar surface area (TPSA) is 111 Å². The van der Waals surface area contributed by atoms with Gasteiger partial charge in [-0.05, 0) is 48.5 Å². The van der Waals surface area contributed by atoms with E-state index in [-0.39, 0.29) is 29.4 Å². The molecule has 3 aromatic rings. The van der Waals surface area contributed by atoms with Gasteiger partial charge in [0.15, 0.2) is 11.5 Å². The van der Waals surface area contributed by atoms with E-state index in [4.69, 9.17) is 0 Å². The van der Waals surface area contributed by atoms with Gasteiger partial charge in [0.05, 0.1) is 22.8 Å². The Labute approximate surface area is 208 Å². The lowest BCUT2D eigenvalue weighted by Gasteiger charge is -2.23. The summed E-state index contributed by atoms with van der Waals surface area (Å²) in [6, 6.07) is 8.31. The SMILES string of the molecule is O=C(NCc1cc(-c2ccc3c(c2)OC(F)(F)O3)ncn1)C1CC(F)CN1S(=O)(=O)c1ccc(F)cc1. The molecule has 1 fully saturated rings. The average molecular weight is 538 g/mol. The Kier molecular flexibility index (Phi) is 6.23. The first-order chi connectivity index (χ1) is 17.5. The van der Waals surface area contributed by atoms with Gasteiger partial charge in [-0.1, -0.05) is 0 Å². The second-order valence-electron chi connectivity index (χ2n) is 8.32. The molecule has 37 heavy (non-hydrogen) atoms. The highest BCUT2D eigenvalue weighted by Crippen LogP contribution is 2.42. The molecule has 5 rings (SSSR count). The lowest BCUT2D eigenvalue weighted by molar-refractivity contribution is -0.286. The van der Waals surface area contributed by atoms with Crippen LogP contribution in [0.4, 0.5) is 17.6 Å². The number of amides is 1. The Bertz CT molecular complexity index is 1460. The highest BCUT2D eigenvalue weighted by atomic mass is 32.2. The highest BCUT2D eigenvalue weighted by Gasteiger charge is 2.45. The monoisotopic (exact) mass is 538 g/mol. The van der Waals surface area contributed by atoms with Crippen LogP contribution in [0.3, 0.4) is 0 Å². The predicted octanol–water partition coefficient (Wildman–Crippen LogP) is 3.02. The average Bonchev–Trinajstić information content (AvgIpc) is 3.41. The van der Waals surface area contributed by atoms with Crippen LogP contribution in [0.25, 0.3) is 11.3 Å². The van der Waals surface area contributed by atoms with E-state index in [0.29, 0.717) is 17.0 Å². The van der Waals surface area contributed by atoms with E-state index in [0.717, 1.165) is 28.6 Å². The minimum atomic E-state index is -4.26. The summed E-state index contributed by atoms with van der Waals surface area (Å²) in [5.74, 6) is -1.67. The van der Waals surface area contributed by atoms with E-state index in [1.54, 1.807) is 0 Å². The van der Waals surface area contributed by atoms with Crippen molar-refractivity contribution in [2.24, 2.45) is 0 Å². The molecule has 0 saturated carbocycles. The summed E-state index contributed by atoms with van der Waals surface area (Å²) >= 11 is 0. The van der Waals surface area contributed by atoms with E-state index in [2.05, 4.69) is 24.8 Å². The summed E-state index contributed by atoms with van der Waals surface area (Å²) in [6.45, 7) is -0.659. The maximum Gasteiger partial charge on any atom is 0.586 e. The van der Waals surface area contributed by atoms with Crippen molar-refractivity contribution in [1.29, 1.82) is 0 Å². The molecule has 2 atom stereocenters. The Hall–Kier alpha value is -3.78. The molecule has 0 spiro atoms. The summed E-state index contributed by atoms with van der Waals surface area (Å²) in [5, 5.41) is 2.55. The van der Waals surface area contributed by atoms with Crippen molar-refractivity contribution in [3.63, 3.8) is 0 Å². The third kappa shape index (κ3) is 5.06. The number of aromatic nitrogens is 2. The van der Waals surface area contributed by atoms with Crippen molar-refractivity contribution >= 4 is 15.9 Å². The number of ether oxygens (including phenoxy) is 2. The number of rotatable bonds is 6. The number of alkyl halides is 3. The molecular formula is C23H18F4N4O5S. The molecule has 2 unspecified atom stereocenters. The van der Waals surface area contributed by atoms with Crippen LogP contribution in [-0.4, -0.2) is 53.7 Å². The number of carbonyl (C=O) groups is 1. The lowest BCUT2D eigenvalue weighted by atomic mass is 10.1. The van der Waals surface area contributed by atoms with Gasteiger partial charge in [0.1, 0.15) is 24.4 Å². The number of carbonyl (C=O) groups excluding carboxylic acids is 1. The molecule has 0 radical (unpaired) electrons. The number of sulfonamides is 1. The molecule has 2 aliphatic heterocycles. The maximum atomic E-state index is 14.2. The summed E-state index contributed by atoms with van der Waals surface area (Å²) in [7, 11) is -4.26. The summed E-state index contributed by atoms with van der Waals surface area (Å²) in [4.78, 5) is 20.8. The number of hydrogen-bond donors (Lipinski definition) is 1. The Balaban J connectivity index is 1.29. The fraction of sp³-hybridized carbons (Fsp3) is 0.261. The number of fused-ring (bicyclic) bond motifs is 1. The van der Waals surface area contributed by atoms with Crippen molar-refractivity contribution in [3.8, 4) is 22.8 Å². The minimum absolute atomic E-state index is 0.127. The van der Waals surface area contributed by atoms with Crippen molar-refractivity contribution < 1.29 is 40.2 Å². The van der Waals surface area contributed by atoms with Gasteiger partial charge in [0.2, 0.25) is 15.9 Å². The number of benzene rings is 2. The molecule has 0 bridgehead atoms. The van der Waals surface area contributed by atoms with Crippen LogP contribution in [0.5, 0.6) is 11.5 Å². The fourth-order valence-corrected chi connectivity index (χ4v) is 5.68. The van der Waals surface area contributed by atoms with Crippen molar-refractivity contribution in [1.82, 2.24) is 19.6 Å². The molecule has 0 aliphatic carbocycles. The second kappa shape index (κ2) is 9.27. The zero-order valence-electron chi connectivity index (χ0n) is 18.8. The first-order valence-corrected chi connectivity index (χ1v) is 12.4. The van der Waals surface area contributed by atoms with Gasteiger partial charge in [-0.25, -0.2) is 27.2 Å². The van der Waals surface area contributed by atoms with E-state index in [1.807, 2.05) is 0 Å². The summed E-state index contributed by atoms with van der Waals surface area (Å²) in [6.07, 6.45) is -4.47. The van der Waals surface area contributed by atoms with Crippen LogP contribution in [0.1, 0.15) is 12.1 Å². The zero-order valence-corrected chi connectivity index (χ0v) is 19.6. The first kappa shape index (κ1) is 24.9. The largest absolute Gasteiger partial charge is 0.586 e. The van der Waals surface area contributed by atoms with Crippen LogP contribution >= 0.6 is 0 Å². The fourth-order valence-electron chi connectivity index (χ4n) is 4.06. The van der Waals surface area contributed by atoms with Crippen molar-refractivity contribution in [2.75, 3.05) is 6.54 Å². The van der Waals surface area contributed by atoms with Gasteiger partial charge in [0, 0.05) is 18.5 Å². The van der Waals surface area contributed by atoms with E-state index in [1.165, 1.54) is 30.6 Å². The van der Waals surface area contributed by atoms with Gasteiger partial charge >= 0.3 is 6.29 Å². The number of halogens is 4. The van der Waals surface area contributed by atoms with Gasteiger partial charge in [0.25, 0.3) is 0 Å². The molecular weight excluding hydrogens is 520 g/mol. The Morgan fingerprint density at radius 2 is 1.81 bits per heavy atom. The molecule has 2 aromatic carbocycles. The van der Waals surface area contributed by atoms with Crippen LogP contribution in [-0.2, 0) is 21.4 Å². The number of nitrogens with zero attached hydrogens (tertiary/aromatic N) is 3. The van der Waals surface area contributed by atoms with E-state index >= 15 is 0 Å². The molecule has 1 saturated heterocycles. The number of nitrogens with one attached hydrogen (secondary N) is 1. The molecule has 2 aliphatic rings. The molecule has 14 heteroatoms. The Morgan fingerprint density at radius 1 is 1.08 bits per heavy atom. The molecule has 1 aromatic heterocycles. The molecule has 1 N–H and O–H groups in total. The normalized spacial score (nSPS) is 20.6. The lowest BCUT2D eigenvalue weighted by Crippen LogP contribution is -2.45.